The van der Waals surface area contributed by atoms with Gasteiger partial charge in [-0.2, -0.15) is 0 Å². The highest BCUT2D eigenvalue weighted by Gasteiger charge is 2.29. The van der Waals surface area contributed by atoms with Crippen molar-refractivity contribution in [3.63, 3.8) is 0 Å². The number of likely N-dealkylation sites (N-methyl/N-ethyl adjacent to an activating group) is 1. The van der Waals surface area contributed by atoms with Gasteiger partial charge < -0.3 is 14.7 Å². The van der Waals surface area contributed by atoms with E-state index in [0.29, 0.717) is 5.92 Å². The number of fused-ring (bicyclic) bond motifs is 1. The third-order valence-electron chi connectivity index (χ3n) is 4.35. The van der Waals surface area contributed by atoms with Crippen molar-refractivity contribution >= 4 is 0 Å². The van der Waals surface area contributed by atoms with Gasteiger partial charge >= 0.3 is 0 Å². The summed E-state index contributed by atoms with van der Waals surface area (Å²) in [5.74, 6) is 0.666. The highest BCUT2D eigenvalue weighted by atomic mass is 16.5. The summed E-state index contributed by atoms with van der Waals surface area (Å²) in [5.41, 5.74) is 2.79. The van der Waals surface area contributed by atoms with Crippen molar-refractivity contribution in [1.82, 2.24) is 4.90 Å². The lowest BCUT2D eigenvalue weighted by atomic mass is 9.82. The molecule has 1 aliphatic carbocycles. The Morgan fingerprint density at radius 3 is 2.84 bits per heavy atom. The van der Waals surface area contributed by atoms with Gasteiger partial charge in [-0.3, -0.25) is 0 Å². The quantitative estimate of drug-likeness (QED) is 0.900. The number of hydrogen-bond donors (Lipinski definition) is 1. The zero-order valence-electron chi connectivity index (χ0n) is 11.6. The maximum absolute atomic E-state index is 9.34. The van der Waals surface area contributed by atoms with Gasteiger partial charge in [0.25, 0.3) is 0 Å². The summed E-state index contributed by atoms with van der Waals surface area (Å²) in [6.07, 6.45) is 3.12. The lowest BCUT2D eigenvalue weighted by Gasteiger charge is -2.36. The minimum absolute atomic E-state index is 0.0509. The first-order chi connectivity index (χ1) is 9.22. The monoisotopic (exact) mass is 261 g/mol. The Bertz CT molecular complexity index is 429. The van der Waals surface area contributed by atoms with Gasteiger partial charge in [-0.15, -0.1) is 0 Å². The van der Waals surface area contributed by atoms with Gasteiger partial charge in [0.15, 0.2) is 0 Å². The molecule has 0 radical (unpaired) electrons. The van der Waals surface area contributed by atoms with Gasteiger partial charge in [0.1, 0.15) is 0 Å². The smallest absolute Gasteiger partial charge is 0.0954 e. The van der Waals surface area contributed by atoms with Gasteiger partial charge in [0.05, 0.1) is 18.8 Å². The number of benzene rings is 1. The largest absolute Gasteiger partial charge is 0.393 e. The van der Waals surface area contributed by atoms with E-state index in [1.807, 2.05) is 0 Å². The molecule has 0 saturated heterocycles. The fourth-order valence-electron chi connectivity index (χ4n) is 3.28. The van der Waals surface area contributed by atoms with Crippen molar-refractivity contribution in [1.29, 1.82) is 0 Å². The van der Waals surface area contributed by atoms with Crippen LogP contribution >= 0.6 is 0 Å². The van der Waals surface area contributed by atoms with Crippen LogP contribution in [0.25, 0.3) is 0 Å². The normalized spacial score (nSPS) is 29.9. The molecule has 1 atom stereocenters. The van der Waals surface area contributed by atoms with Crippen LogP contribution in [0, 0.1) is 5.92 Å². The molecule has 0 amide bonds. The lowest BCUT2D eigenvalue weighted by Crippen LogP contribution is -2.39. The number of rotatable bonds is 4. The number of nitrogens with zero attached hydrogens (tertiary/aromatic N) is 1. The molecule has 1 aromatic rings. The molecular weight excluding hydrogens is 238 g/mol. The Kier molecular flexibility index (Phi) is 3.87. The number of hydrogen-bond acceptors (Lipinski definition) is 3. The second-order valence-electron chi connectivity index (χ2n) is 6.02. The van der Waals surface area contributed by atoms with E-state index in [0.717, 1.165) is 39.0 Å². The highest BCUT2D eigenvalue weighted by Crippen LogP contribution is 2.30. The predicted octanol–water partition coefficient (Wildman–Crippen LogP) is 2.00. The van der Waals surface area contributed by atoms with Gasteiger partial charge in [-0.1, -0.05) is 24.3 Å². The summed E-state index contributed by atoms with van der Waals surface area (Å²) in [4.78, 5) is 2.35. The van der Waals surface area contributed by atoms with E-state index in [1.165, 1.54) is 11.1 Å². The summed E-state index contributed by atoms with van der Waals surface area (Å²) in [5, 5.41) is 9.34. The molecule has 1 aliphatic heterocycles. The first-order valence-corrected chi connectivity index (χ1v) is 7.28. The summed E-state index contributed by atoms with van der Waals surface area (Å²) in [7, 11) is 2.16. The number of aliphatic hydroxyl groups is 1. The fraction of sp³-hybridized carbons (Fsp3) is 0.625. The molecule has 2 aliphatic rings. The van der Waals surface area contributed by atoms with Gasteiger partial charge in [0, 0.05) is 13.1 Å². The summed E-state index contributed by atoms with van der Waals surface area (Å²) in [6, 6.07) is 8.62. The van der Waals surface area contributed by atoms with Crippen molar-refractivity contribution in [3.05, 3.63) is 35.4 Å². The molecular formula is C16H23NO2. The molecule has 0 spiro atoms. The van der Waals surface area contributed by atoms with Crippen LogP contribution in [0.5, 0.6) is 0 Å². The van der Waals surface area contributed by atoms with Crippen LogP contribution in [0.4, 0.5) is 0 Å². The minimum Gasteiger partial charge on any atom is -0.393 e. The maximum Gasteiger partial charge on any atom is 0.0954 e. The third-order valence-corrected chi connectivity index (χ3v) is 4.35. The Balaban J connectivity index is 1.58. The Morgan fingerprint density at radius 2 is 2.05 bits per heavy atom. The van der Waals surface area contributed by atoms with Gasteiger partial charge in [0.2, 0.25) is 0 Å². The molecule has 3 nitrogen and oxygen atoms in total. The topological polar surface area (TPSA) is 32.7 Å². The van der Waals surface area contributed by atoms with E-state index in [9.17, 15) is 5.11 Å². The average Bonchev–Trinajstić information content (AvgIpc) is 2.37. The SMILES string of the molecule is CN(CC1CC(O)C1)CC1OCCc2ccccc21. The number of aliphatic hydroxyl groups excluding tert-OH is 1. The standard InChI is InChI=1S/C16H23NO2/c1-17(10-12-8-14(18)9-12)11-16-15-5-3-2-4-13(15)6-7-19-16/h2-5,12,14,16,18H,6-11H2,1H3. The van der Waals surface area contributed by atoms with Crippen LogP contribution in [-0.2, 0) is 11.2 Å². The van der Waals surface area contributed by atoms with Crippen LogP contribution in [0.1, 0.15) is 30.1 Å². The summed E-state index contributed by atoms with van der Waals surface area (Å²) >= 11 is 0. The molecule has 0 bridgehead atoms. The van der Waals surface area contributed by atoms with E-state index < -0.39 is 0 Å². The van der Waals surface area contributed by atoms with Gasteiger partial charge in [-0.25, -0.2) is 0 Å². The minimum atomic E-state index is -0.0509. The molecule has 0 aromatic heterocycles. The Morgan fingerprint density at radius 1 is 1.26 bits per heavy atom. The molecule has 1 N–H and O–H groups in total. The van der Waals surface area contributed by atoms with Crippen LogP contribution in [0.15, 0.2) is 24.3 Å². The Hall–Kier alpha value is -0.900. The van der Waals surface area contributed by atoms with Crippen molar-refractivity contribution in [3.8, 4) is 0 Å². The molecule has 1 fully saturated rings. The lowest BCUT2D eigenvalue weighted by molar-refractivity contribution is -0.00157. The van der Waals surface area contributed by atoms with Crippen molar-refractivity contribution in [2.75, 3.05) is 26.7 Å². The molecule has 1 aromatic carbocycles. The van der Waals surface area contributed by atoms with Crippen LogP contribution in [-0.4, -0.2) is 42.9 Å². The van der Waals surface area contributed by atoms with Crippen LogP contribution in [0.2, 0.25) is 0 Å². The first-order valence-electron chi connectivity index (χ1n) is 7.28. The van der Waals surface area contributed by atoms with Crippen LogP contribution in [0.3, 0.4) is 0 Å². The second-order valence-corrected chi connectivity index (χ2v) is 6.02. The third kappa shape index (κ3) is 2.99. The molecule has 3 rings (SSSR count). The van der Waals surface area contributed by atoms with E-state index in [-0.39, 0.29) is 12.2 Å². The van der Waals surface area contributed by atoms with E-state index in [4.69, 9.17) is 4.74 Å². The van der Waals surface area contributed by atoms with E-state index in [1.54, 1.807) is 0 Å². The van der Waals surface area contributed by atoms with Crippen molar-refractivity contribution in [2.45, 2.75) is 31.5 Å². The van der Waals surface area contributed by atoms with Crippen molar-refractivity contribution < 1.29 is 9.84 Å². The Labute approximate surface area is 115 Å². The first kappa shape index (κ1) is 13.1. The molecule has 3 heteroatoms. The maximum atomic E-state index is 9.34. The zero-order valence-corrected chi connectivity index (χ0v) is 11.6. The zero-order chi connectivity index (χ0) is 13.2. The fourth-order valence-corrected chi connectivity index (χ4v) is 3.28. The molecule has 1 saturated carbocycles. The highest BCUT2D eigenvalue weighted by molar-refractivity contribution is 5.31. The van der Waals surface area contributed by atoms with Crippen LogP contribution < -0.4 is 0 Å². The van der Waals surface area contributed by atoms with E-state index in [2.05, 4.69) is 36.2 Å². The second kappa shape index (κ2) is 5.61. The van der Waals surface area contributed by atoms with Gasteiger partial charge in [-0.05, 0) is 43.4 Å². The molecule has 1 unspecified atom stereocenters. The van der Waals surface area contributed by atoms with Crippen molar-refractivity contribution in [2.24, 2.45) is 5.92 Å². The molecule has 104 valence electrons. The summed E-state index contributed by atoms with van der Waals surface area (Å²) < 4.78 is 5.94. The molecule has 19 heavy (non-hydrogen) atoms. The summed E-state index contributed by atoms with van der Waals surface area (Å²) in [6.45, 7) is 2.85. The number of ether oxygens (including phenoxy) is 1. The van der Waals surface area contributed by atoms with E-state index >= 15 is 0 Å². The predicted molar refractivity (Wildman–Crippen MR) is 75.1 cm³/mol. The molecule has 1 heterocycles. The average molecular weight is 261 g/mol.